The average Bonchev–Trinajstić information content (AvgIpc) is 2.68. The van der Waals surface area contributed by atoms with Gasteiger partial charge in [-0.15, -0.1) is 0 Å². The summed E-state index contributed by atoms with van der Waals surface area (Å²) in [6, 6.07) is 7.94. The van der Waals surface area contributed by atoms with Crippen molar-refractivity contribution in [2.45, 2.75) is 31.8 Å². The summed E-state index contributed by atoms with van der Waals surface area (Å²) in [6.45, 7) is 2.64. The Bertz CT molecular complexity index is 389. The molecule has 2 atom stereocenters. The van der Waals surface area contributed by atoms with Crippen molar-refractivity contribution in [2.75, 3.05) is 6.61 Å². The second-order valence-electron chi connectivity index (χ2n) is 4.90. The summed E-state index contributed by atoms with van der Waals surface area (Å²) in [5.41, 5.74) is 0.427. The first-order valence-corrected chi connectivity index (χ1v) is 6.23. The molecule has 1 N–H and O–H groups in total. The lowest BCUT2D eigenvalue weighted by Crippen LogP contribution is -2.14. The molecule has 0 aliphatic heterocycles. The molecule has 2 unspecified atom stereocenters. The van der Waals surface area contributed by atoms with Crippen molar-refractivity contribution in [3.63, 3.8) is 0 Å². The predicted octanol–water partition coefficient (Wildman–Crippen LogP) is 2.70. The fraction of sp³-hybridized carbons (Fsp3) is 0.571. The van der Waals surface area contributed by atoms with Crippen LogP contribution in [0.4, 0.5) is 0 Å². The molecule has 2 heteroatoms. The summed E-state index contributed by atoms with van der Waals surface area (Å²) in [4.78, 5) is 0. The third-order valence-corrected chi connectivity index (χ3v) is 4.16. The van der Waals surface area contributed by atoms with Crippen molar-refractivity contribution in [3.05, 3.63) is 29.8 Å². The van der Waals surface area contributed by atoms with Gasteiger partial charge in [0.1, 0.15) is 5.75 Å². The summed E-state index contributed by atoms with van der Waals surface area (Å²) in [6.07, 6.45) is 3.61. The first kappa shape index (κ1) is 10.2. The lowest BCUT2D eigenvalue weighted by Gasteiger charge is -2.18. The molecule has 0 saturated heterocycles. The first-order valence-electron chi connectivity index (χ1n) is 6.23. The van der Waals surface area contributed by atoms with Crippen LogP contribution in [0.3, 0.4) is 0 Å². The third-order valence-electron chi connectivity index (χ3n) is 4.16. The molecule has 2 aliphatic carbocycles. The highest BCUT2D eigenvalue weighted by Gasteiger charge is 2.67. The van der Waals surface area contributed by atoms with Crippen molar-refractivity contribution in [1.82, 2.24) is 0 Å². The number of fused-ring (bicyclic) bond motifs is 1. The molecule has 0 spiro atoms. The van der Waals surface area contributed by atoms with Crippen molar-refractivity contribution in [2.24, 2.45) is 11.8 Å². The summed E-state index contributed by atoms with van der Waals surface area (Å²) in [7, 11) is 0. The van der Waals surface area contributed by atoms with Crippen LogP contribution in [-0.4, -0.2) is 11.7 Å². The maximum absolute atomic E-state index is 10.7. The quantitative estimate of drug-likeness (QED) is 0.845. The number of hydrogen-bond donors (Lipinski definition) is 1. The van der Waals surface area contributed by atoms with Gasteiger partial charge in [-0.25, -0.2) is 0 Å². The van der Waals surface area contributed by atoms with E-state index in [1.54, 1.807) is 0 Å². The zero-order valence-electron chi connectivity index (χ0n) is 9.65. The molecule has 2 aliphatic rings. The van der Waals surface area contributed by atoms with Crippen molar-refractivity contribution >= 4 is 0 Å². The lowest BCUT2D eigenvalue weighted by molar-refractivity contribution is 0.101. The van der Waals surface area contributed by atoms with Crippen LogP contribution in [0, 0.1) is 11.8 Å². The van der Waals surface area contributed by atoms with E-state index in [2.05, 4.69) is 0 Å². The highest BCUT2D eigenvalue weighted by Crippen LogP contribution is 2.67. The number of hydrogen-bond acceptors (Lipinski definition) is 2. The Morgan fingerprint density at radius 2 is 2.00 bits per heavy atom. The van der Waals surface area contributed by atoms with E-state index in [-0.39, 0.29) is 0 Å². The van der Waals surface area contributed by atoms with Crippen LogP contribution in [-0.2, 0) is 5.60 Å². The monoisotopic (exact) mass is 218 g/mol. The Balaban J connectivity index is 1.95. The smallest absolute Gasteiger partial charge is 0.125 e. The van der Waals surface area contributed by atoms with Gasteiger partial charge in [0.25, 0.3) is 0 Å². The minimum Gasteiger partial charge on any atom is -0.493 e. The molecular weight excluding hydrogens is 200 g/mol. The normalized spacial score (nSPS) is 35.9. The van der Waals surface area contributed by atoms with Crippen LogP contribution in [0.15, 0.2) is 24.3 Å². The molecule has 3 rings (SSSR count). The second-order valence-corrected chi connectivity index (χ2v) is 4.90. The summed E-state index contributed by atoms with van der Waals surface area (Å²) in [5, 5.41) is 10.7. The largest absolute Gasteiger partial charge is 0.493 e. The number of para-hydroxylation sites is 1. The van der Waals surface area contributed by atoms with Gasteiger partial charge in [-0.3, -0.25) is 0 Å². The van der Waals surface area contributed by atoms with Crippen molar-refractivity contribution in [1.29, 1.82) is 0 Å². The molecule has 0 heterocycles. The number of rotatable bonds is 3. The Labute approximate surface area is 96.2 Å². The van der Waals surface area contributed by atoms with E-state index in [0.29, 0.717) is 18.4 Å². The van der Waals surface area contributed by atoms with Crippen LogP contribution < -0.4 is 4.74 Å². The van der Waals surface area contributed by atoms with Gasteiger partial charge in [-0.05, 0) is 37.7 Å². The Hall–Kier alpha value is -1.02. The second kappa shape index (κ2) is 3.49. The molecule has 0 aromatic heterocycles. The molecule has 0 amide bonds. The molecule has 0 radical (unpaired) electrons. The lowest BCUT2D eigenvalue weighted by atomic mass is 9.98. The van der Waals surface area contributed by atoms with Crippen LogP contribution in [0.5, 0.6) is 5.75 Å². The van der Waals surface area contributed by atoms with Crippen LogP contribution in [0.1, 0.15) is 31.7 Å². The fourth-order valence-corrected chi connectivity index (χ4v) is 3.40. The molecule has 2 fully saturated rings. The third kappa shape index (κ3) is 1.23. The summed E-state index contributed by atoms with van der Waals surface area (Å²) in [5.74, 6) is 1.82. The highest BCUT2D eigenvalue weighted by atomic mass is 16.5. The molecule has 1 aromatic rings. The van der Waals surface area contributed by atoms with Gasteiger partial charge in [0, 0.05) is 5.56 Å². The van der Waals surface area contributed by atoms with Gasteiger partial charge in [0.2, 0.25) is 0 Å². The average molecular weight is 218 g/mol. The molecule has 86 valence electrons. The van der Waals surface area contributed by atoms with Gasteiger partial charge in [0.15, 0.2) is 0 Å². The Morgan fingerprint density at radius 3 is 2.69 bits per heavy atom. The van der Waals surface area contributed by atoms with Crippen LogP contribution in [0.25, 0.3) is 0 Å². The first-order chi connectivity index (χ1) is 7.78. The van der Waals surface area contributed by atoms with Gasteiger partial charge >= 0.3 is 0 Å². The van der Waals surface area contributed by atoms with Gasteiger partial charge in [0.05, 0.1) is 12.2 Å². The van der Waals surface area contributed by atoms with Crippen LogP contribution in [0.2, 0.25) is 0 Å². The van der Waals surface area contributed by atoms with Gasteiger partial charge in [-0.1, -0.05) is 24.6 Å². The highest BCUT2D eigenvalue weighted by molar-refractivity contribution is 5.44. The van der Waals surface area contributed by atoms with Crippen molar-refractivity contribution < 1.29 is 9.84 Å². The maximum Gasteiger partial charge on any atom is 0.125 e. The summed E-state index contributed by atoms with van der Waals surface area (Å²) < 4.78 is 5.61. The summed E-state index contributed by atoms with van der Waals surface area (Å²) >= 11 is 0. The topological polar surface area (TPSA) is 29.5 Å². The SMILES string of the molecule is CCOc1ccccc1C1(O)C2CCCC21. The molecule has 1 aromatic carbocycles. The van der Waals surface area contributed by atoms with E-state index in [0.717, 1.165) is 11.3 Å². The predicted molar refractivity (Wildman–Crippen MR) is 62.3 cm³/mol. The Kier molecular flexibility index (Phi) is 2.21. The van der Waals surface area contributed by atoms with E-state index in [1.807, 2.05) is 31.2 Å². The van der Waals surface area contributed by atoms with Gasteiger partial charge < -0.3 is 9.84 Å². The number of aliphatic hydroxyl groups is 1. The Morgan fingerprint density at radius 1 is 1.31 bits per heavy atom. The minimum atomic E-state index is -0.579. The zero-order chi connectivity index (χ0) is 11.2. The molecular formula is C14H18O2. The van der Waals surface area contributed by atoms with Crippen LogP contribution >= 0.6 is 0 Å². The number of benzene rings is 1. The zero-order valence-corrected chi connectivity index (χ0v) is 9.65. The van der Waals surface area contributed by atoms with E-state index in [4.69, 9.17) is 4.74 Å². The van der Waals surface area contributed by atoms with E-state index >= 15 is 0 Å². The van der Waals surface area contributed by atoms with E-state index in [9.17, 15) is 5.11 Å². The molecule has 0 bridgehead atoms. The number of ether oxygens (including phenoxy) is 1. The minimum absolute atomic E-state index is 0.481. The van der Waals surface area contributed by atoms with Gasteiger partial charge in [-0.2, -0.15) is 0 Å². The van der Waals surface area contributed by atoms with Crippen molar-refractivity contribution in [3.8, 4) is 5.75 Å². The fourth-order valence-electron chi connectivity index (χ4n) is 3.40. The molecule has 2 saturated carbocycles. The standard InChI is InChI=1S/C14H18O2/c1-2-16-13-9-4-3-6-12(13)14(15)10-7-5-8-11(10)14/h3-4,6,9-11,15H,2,5,7-8H2,1H3. The van der Waals surface area contributed by atoms with E-state index in [1.165, 1.54) is 19.3 Å². The maximum atomic E-state index is 10.7. The van der Waals surface area contributed by atoms with E-state index < -0.39 is 5.60 Å². The molecule has 2 nitrogen and oxygen atoms in total. The molecule has 16 heavy (non-hydrogen) atoms.